The summed E-state index contributed by atoms with van der Waals surface area (Å²) in [6, 6.07) is 21.6. The number of fused-ring (bicyclic) bond motifs is 1. The maximum Gasteiger partial charge on any atom is 0.270 e. The van der Waals surface area contributed by atoms with Gasteiger partial charge in [0.05, 0.1) is 23.5 Å². The summed E-state index contributed by atoms with van der Waals surface area (Å²) in [5, 5.41) is 23.5. The maximum atomic E-state index is 13.3. The molecule has 8 nitrogen and oxygen atoms in total. The molecule has 8 heteroatoms. The number of aromatic hydroxyl groups is 1. The van der Waals surface area contributed by atoms with Gasteiger partial charge in [-0.05, 0) is 30.2 Å². The van der Waals surface area contributed by atoms with Crippen LogP contribution in [-0.4, -0.2) is 31.1 Å². The topological polar surface area (TPSA) is 134 Å². The molecule has 5 rings (SSSR count). The fourth-order valence-corrected chi connectivity index (χ4v) is 4.40. The highest BCUT2D eigenvalue weighted by Crippen LogP contribution is 2.34. The smallest absolute Gasteiger partial charge is 0.270 e. The van der Waals surface area contributed by atoms with Gasteiger partial charge in [-0.2, -0.15) is 0 Å². The van der Waals surface area contributed by atoms with Gasteiger partial charge in [-0.25, -0.2) is 4.98 Å². The second-order valence-electron chi connectivity index (χ2n) is 8.91. The second kappa shape index (κ2) is 10.8. The van der Waals surface area contributed by atoms with E-state index in [0.29, 0.717) is 34.3 Å². The Morgan fingerprint density at radius 1 is 1.00 bits per heavy atom. The lowest BCUT2D eigenvalue weighted by Gasteiger charge is -2.15. The minimum atomic E-state index is -0.422. The first-order valence-corrected chi connectivity index (χ1v) is 12.2. The van der Waals surface area contributed by atoms with Crippen LogP contribution in [0.5, 0.6) is 5.75 Å². The van der Waals surface area contributed by atoms with Crippen molar-refractivity contribution in [3.05, 3.63) is 107 Å². The lowest BCUT2D eigenvalue weighted by Crippen LogP contribution is -2.25. The number of pyridine rings is 3. The maximum absolute atomic E-state index is 13.3. The molecule has 0 unspecified atom stereocenters. The van der Waals surface area contributed by atoms with E-state index >= 15 is 0 Å². The number of aliphatic hydroxyl groups is 1. The van der Waals surface area contributed by atoms with E-state index in [1.165, 1.54) is 6.20 Å². The van der Waals surface area contributed by atoms with Crippen molar-refractivity contribution >= 4 is 16.8 Å². The molecule has 3 heterocycles. The van der Waals surface area contributed by atoms with Crippen LogP contribution in [0.3, 0.4) is 0 Å². The van der Waals surface area contributed by atoms with E-state index in [-0.39, 0.29) is 24.6 Å². The van der Waals surface area contributed by atoms with Crippen molar-refractivity contribution in [2.24, 2.45) is 5.73 Å². The van der Waals surface area contributed by atoms with Gasteiger partial charge >= 0.3 is 0 Å². The number of nitrogens with two attached hydrogens (primary N) is 1. The average molecular weight is 506 g/mol. The summed E-state index contributed by atoms with van der Waals surface area (Å²) >= 11 is 0. The van der Waals surface area contributed by atoms with Crippen LogP contribution in [0.4, 0.5) is 0 Å². The monoisotopic (exact) mass is 505 g/mol. The van der Waals surface area contributed by atoms with Gasteiger partial charge in [0.25, 0.3) is 5.91 Å². The Morgan fingerprint density at radius 3 is 2.47 bits per heavy atom. The summed E-state index contributed by atoms with van der Waals surface area (Å²) in [6.07, 6.45) is 3.05. The Labute approximate surface area is 219 Å². The summed E-state index contributed by atoms with van der Waals surface area (Å²) in [5.41, 5.74) is 12.5. The molecule has 190 valence electrons. The van der Waals surface area contributed by atoms with Crippen LogP contribution in [0, 0.1) is 6.92 Å². The van der Waals surface area contributed by atoms with E-state index in [2.05, 4.69) is 15.3 Å². The molecule has 5 aromatic rings. The number of hydrogen-bond donors (Lipinski definition) is 4. The number of aryl methyl sites for hydroxylation is 1. The molecule has 5 N–H and O–H groups in total. The van der Waals surface area contributed by atoms with E-state index in [1.807, 2.05) is 60.7 Å². The Bertz CT molecular complexity index is 1620. The third-order valence-electron chi connectivity index (χ3n) is 6.53. The van der Waals surface area contributed by atoms with Gasteiger partial charge in [-0.3, -0.25) is 14.8 Å². The van der Waals surface area contributed by atoms with Crippen molar-refractivity contribution in [1.29, 1.82) is 0 Å². The normalized spacial score (nSPS) is 11.0. The van der Waals surface area contributed by atoms with Crippen molar-refractivity contribution in [1.82, 2.24) is 20.3 Å². The molecule has 0 spiro atoms. The first-order valence-electron chi connectivity index (χ1n) is 12.2. The minimum absolute atomic E-state index is 0.00648. The van der Waals surface area contributed by atoms with Crippen LogP contribution in [0.1, 0.15) is 32.9 Å². The van der Waals surface area contributed by atoms with Crippen LogP contribution in [0.2, 0.25) is 0 Å². The molecular weight excluding hydrogens is 478 g/mol. The highest BCUT2D eigenvalue weighted by Gasteiger charge is 2.19. The van der Waals surface area contributed by atoms with Crippen molar-refractivity contribution in [2.75, 3.05) is 0 Å². The molecular formula is C30H27N5O3. The molecule has 0 atom stereocenters. The number of carbonyl (C=O) groups excluding carboxylic acids is 1. The van der Waals surface area contributed by atoms with Crippen LogP contribution < -0.4 is 11.1 Å². The number of amides is 1. The molecule has 0 fully saturated rings. The zero-order valence-electron chi connectivity index (χ0n) is 20.8. The minimum Gasteiger partial charge on any atom is -0.506 e. The fourth-order valence-electron chi connectivity index (χ4n) is 4.40. The van der Waals surface area contributed by atoms with Gasteiger partial charge in [0, 0.05) is 53.1 Å². The Balaban J connectivity index is 1.58. The van der Waals surface area contributed by atoms with Crippen LogP contribution in [0.15, 0.2) is 79.1 Å². The zero-order valence-corrected chi connectivity index (χ0v) is 20.8. The Morgan fingerprint density at radius 2 is 1.76 bits per heavy atom. The number of carbonyl (C=O) groups is 1. The molecule has 0 bridgehead atoms. The summed E-state index contributed by atoms with van der Waals surface area (Å²) in [7, 11) is 0. The first kappa shape index (κ1) is 25.0. The van der Waals surface area contributed by atoms with Crippen molar-refractivity contribution < 1.29 is 15.0 Å². The van der Waals surface area contributed by atoms with Crippen LogP contribution in [-0.2, 0) is 19.7 Å². The highest BCUT2D eigenvalue weighted by molar-refractivity contribution is 6.06. The molecule has 0 aliphatic carbocycles. The third-order valence-corrected chi connectivity index (χ3v) is 6.53. The van der Waals surface area contributed by atoms with E-state index in [1.54, 1.807) is 19.2 Å². The van der Waals surface area contributed by atoms with Crippen molar-refractivity contribution in [3.63, 3.8) is 0 Å². The molecule has 0 aliphatic rings. The van der Waals surface area contributed by atoms with Crippen LogP contribution >= 0.6 is 0 Å². The van der Waals surface area contributed by atoms with Crippen molar-refractivity contribution in [2.45, 2.75) is 26.6 Å². The highest BCUT2D eigenvalue weighted by atomic mass is 16.3. The molecule has 0 radical (unpaired) electrons. The van der Waals surface area contributed by atoms with Crippen molar-refractivity contribution in [3.8, 4) is 28.1 Å². The van der Waals surface area contributed by atoms with Gasteiger partial charge in [-0.1, -0.05) is 54.6 Å². The molecule has 0 saturated heterocycles. The van der Waals surface area contributed by atoms with Gasteiger partial charge in [0.15, 0.2) is 0 Å². The van der Waals surface area contributed by atoms with E-state index in [0.717, 1.165) is 27.9 Å². The Hall–Kier alpha value is -4.66. The third kappa shape index (κ3) is 4.82. The molecule has 3 aromatic heterocycles. The van der Waals surface area contributed by atoms with Gasteiger partial charge < -0.3 is 21.3 Å². The number of hydrogen-bond acceptors (Lipinski definition) is 7. The molecule has 2 aromatic carbocycles. The quantitative estimate of drug-likeness (QED) is 0.260. The number of nitrogens with one attached hydrogen (secondary N) is 1. The fraction of sp³-hybridized carbons (Fsp3) is 0.133. The summed E-state index contributed by atoms with van der Waals surface area (Å²) < 4.78 is 0. The van der Waals surface area contributed by atoms with Gasteiger partial charge in [0.1, 0.15) is 11.4 Å². The number of aliphatic hydroxyl groups excluding tert-OH is 1. The van der Waals surface area contributed by atoms with Crippen LogP contribution in [0.25, 0.3) is 33.3 Å². The number of benzene rings is 2. The largest absolute Gasteiger partial charge is 0.506 e. The molecule has 0 saturated carbocycles. The van der Waals surface area contributed by atoms with E-state index in [9.17, 15) is 15.0 Å². The Kier molecular flexibility index (Phi) is 7.08. The average Bonchev–Trinajstić information content (AvgIpc) is 2.97. The first-order chi connectivity index (χ1) is 18.5. The summed E-state index contributed by atoms with van der Waals surface area (Å²) in [6.45, 7) is 1.81. The predicted molar refractivity (Wildman–Crippen MR) is 146 cm³/mol. The standard InChI is InChI=1S/C30H27N5O3/c1-18-29(37)25(22(17-36)15-33-18)16-34-30(38)28-24-13-23(20-5-3-2-4-6-20)27(35-26(24)11-12-32-28)21-9-7-19(14-31)8-10-21/h2-13,15,36-37H,14,16-17,31H2,1H3,(H,34,38). The van der Waals surface area contributed by atoms with Gasteiger partial charge in [0.2, 0.25) is 0 Å². The lowest BCUT2D eigenvalue weighted by atomic mass is 9.96. The SMILES string of the molecule is Cc1ncc(CO)c(CNC(=O)c2nccc3nc(-c4ccc(CN)cc4)c(-c4ccccc4)cc23)c1O. The lowest BCUT2D eigenvalue weighted by molar-refractivity contribution is 0.0947. The molecule has 1 amide bonds. The predicted octanol–water partition coefficient (Wildman–Crippen LogP) is 4.25. The molecule has 38 heavy (non-hydrogen) atoms. The summed E-state index contributed by atoms with van der Waals surface area (Å²) in [4.78, 5) is 26.7. The van der Waals surface area contributed by atoms with E-state index in [4.69, 9.17) is 10.7 Å². The number of rotatable bonds is 7. The van der Waals surface area contributed by atoms with E-state index < -0.39 is 5.91 Å². The number of nitrogens with zero attached hydrogens (tertiary/aromatic N) is 3. The van der Waals surface area contributed by atoms with Gasteiger partial charge in [-0.15, -0.1) is 0 Å². The number of aromatic nitrogens is 3. The summed E-state index contributed by atoms with van der Waals surface area (Å²) in [5.74, 6) is -0.477. The molecule has 0 aliphatic heterocycles. The second-order valence-corrected chi connectivity index (χ2v) is 8.91. The zero-order chi connectivity index (χ0) is 26.6.